The fourth-order valence-corrected chi connectivity index (χ4v) is 3.87. The first-order valence-electron chi connectivity index (χ1n) is 9.54. The second-order valence-corrected chi connectivity index (χ2v) is 7.15. The van der Waals surface area contributed by atoms with Gasteiger partial charge in [-0.15, -0.1) is 0 Å². The minimum atomic E-state index is -0.0154. The first kappa shape index (κ1) is 17.4. The summed E-state index contributed by atoms with van der Waals surface area (Å²) in [6.45, 7) is 7.76. The lowest BCUT2D eigenvalue weighted by Gasteiger charge is -2.36. The number of amides is 1. The van der Waals surface area contributed by atoms with Gasteiger partial charge in [-0.2, -0.15) is 4.98 Å². The molecular weight excluding hydrogens is 304 g/mol. The molecule has 2 atom stereocenters. The second kappa shape index (κ2) is 8.10. The Morgan fingerprint density at radius 2 is 1.96 bits per heavy atom. The number of nitrogens with zero attached hydrogens (tertiary/aromatic N) is 4. The van der Waals surface area contributed by atoms with Crippen molar-refractivity contribution in [2.24, 2.45) is 0 Å². The Kier molecular flexibility index (Phi) is 5.87. The topological polar surface area (TPSA) is 62.5 Å². The summed E-state index contributed by atoms with van der Waals surface area (Å²) in [5, 5.41) is 4.12. The predicted octanol–water partition coefficient (Wildman–Crippen LogP) is 2.60. The van der Waals surface area contributed by atoms with Gasteiger partial charge in [0.2, 0.25) is 11.8 Å². The van der Waals surface area contributed by atoms with E-state index in [1.807, 2.05) is 11.8 Å². The Labute approximate surface area is 144 Å². The van der Waals surface area contributed by atoms with Gasteiger partial charge in [0.05, 0.1) is 6.04 Å². The number of hydrogen-bond acceptors (Lipinski definition) is 5. The number of rotatable bonds is 4. The maximum Gasteiger partial charge on any atom is 0.239 e. The molecular formula is C18H30N4O2. The van der Waals surface area contributed by atoms with Gasteiger partial charge in [-0.25, -0.2) is 0 Å². The minimum Gasteiger partial charge on any atom is -0.341 e. The Morgan fingerprint density at radius 3 is 2.62 bits per heavy atom. The maximum absolute atomic E-state index is 13.0. The molecule has 1 amide bonds. The van der Waals surface area contributed by atoms with Gasteiger partial charge in [-0.3, -0.25) is 9.69 Å². The van der Waals surface area contributed by atoms with Gasteiger partial charge in [0.15, 0.2) is 5.82 Å². The molecule has 1 aromatic rings. The number of piperidine rings is 1. The van der Waals surface area contributed by atoms with Crippen molar-refractivity contribution in [3.05, 3.63) is 11.7 Å². The molecule has 6 heteroatoms. The lowest BCUT2D eigenvalue weighted by atomic mass is 9.96. The van der Waals surface area contributed by atoms with E-state index in [1.165, 1.54) is 25.7 Å². The van der Waals surface area contributed by atoms with Gasteiger partial charge in [-0.05, 0) is 45.7 Å². The molecule has 0 aromatic carbocycles. The highest BCUT2D eigenvalue weighted by atomic mass is 16.5. The van der Waals surface area contributed by atoms with Crippen LogP contribution in [0.25, 0.3) is 0 Å². The number of hydrogen-bond donors (Lipinski definition) is 0. The van der Waals surface area contributed by atoms with Crippen molar-refractivity contribution in [1.29, 1.82) is 0 Å². The predicted molar refractivity (Wildman–Crippen MR) is 91.7 cm³/mol. The Hall–Kier alpha value is -1.43. The van der Waals surface area contributed by atoms with Crippen molar-refractivity contribution < 1.29 is 9.32 Å². The third-order valence-electron chi connectivity index (χ3n) is 5.43. The summed E-state index contributed by atoms with van der Waals surface area (Å²) in [5.41, 5.74) is 0. The molecule has 3 rings (SSSR count). The van der Waals surface area contributed by atoms with Crippen LogP contribution in [-0.2, 0) is 11.2 Å². The summed E-state index contributed by atoms with van der Waals surface area (Å²) in [6, 6.07) is -0.0154. The van der Waals surface area contributed by atoms with Crippen molar-refractivity contribution in [2.75, 3.05) is 26.2 Å². The molecule has 0 N–H and O–H groups in total. The summed E-state index contributed by atoms with van der Waals surface area (Å²) >= 11 is 0. The molecule has 0 aliphatic carbocycles. The van der Waals surface area contributed by atoms with Crippen LogP contribution in [-0.4, -0.2) is 58.1 Å². The SMILES string of the molecule is CCc1nc([C@H]2CCCN(C(=O)[C@H](C)N3CCCCCC3)C2)no1. The smallest absolute Gasteiger partial charge is 0.239 e. The quantitative estimate of drug-likeness (QED) is 0.847. The van der Waals surface area contributed by atoms with E-state index in [1.54, 1.807) is 0 Å². The Morgan fingerprint density at radius 1 is 1.21 bits per heavy atom. The highest BCUT2D eigenvalue weighted by Crippen LogP contribution is 2.26. The monoisotopic (exact) mass is 334 g/mol. The third-order valence-corrected chi connectivity index (χ3v) is 5.43. The molecule has 2 aliphatic rings. The zero-order chi connectivity index (χ0) is 16.9. The van der Waals surface area contributed by atoms with Crippen LogP contribution >= 0.6 is 0 Å². The van der Waals surface area contributed by atoms with Crippen LogP contribution in [0, 0.1) is 0 Å². The zero-order valence-corrected chi connectivity index (χ0v) is 15.0. The molecule has 134 valence electrons. The van der Waals surface area contributed by atoms with E-state index in [0.717, 1.165) is 51.3 Å². The van der Waals surface area contributed by atoms with Crippen LogP contribution < -0.4 is 0 Å². The zero-order valence-electron chi connectivity index (χ0n) is 15.0. The van der Waals surface area contributed by atoms with Gasteiger partial charge in [0.25, 0.3) is 0 Å². The van der Waals surface area contributed by atoms with Crippen molar-refractivity contribution in [1.82, 2.24) is 19.9 Å². The summed E-state index contributed by atoms with van der Waals surface area (Å²) in [6.07, 6.45) is 7.81. The van der Waals surface area contributed by atoms with Crippen molar-refractivity contribution in [3.63, 3.8) is 0 Å². The highest BCUT2D eigenvalue weighted by molar-refractivity contribution is 5.81. The van der Waals surface area contributed by atoms with Crippen LogP contribution in [0.4, 0.5) is 0 Å². The summed E-state index contributed by atoms with van der Waals surface area (Å²) in [4.78, 5) is 21.8. The van der Waals surface area contributed by atoms with Crippen LogP contribution in [0.3, 0.4) is 0 Å². The Bertz CT molecular complexity index is 537. The van der Waals surface area contributed by atoms with E-state index in [9.17, 15) is 4.79 Å². The fourth-order valence-electron chi connectivity index (χ4n) is 3.87. The molecule has 24 heavy (non-hydrogen) atoms. The van der Waals surface area contributed by atoms with E-state index in [4.69, 9.17) is 4.52 Å². The number of aromatic nitrogens is 2. The van der Waals surface area contributed by atoms with Crippen LogP contribution in [0.2, 0.25) is 0 Å². The van der Waals surface area contributed by atoms with Crippen LogP contribution in [0.15, 0.2) is 4.52 Å². The Balaban J connectivity index is 1.61. The van der Waals surface area contributed by atoms with Crippen LogP contribution in [0.5, 0.6) is 0 Å². The lowest BCUT2D eigenvalue weighted by Crippen LogP contribution is -2.50. The molecule has 2 aliphatic heterocycles. The molecule has 2 fully saturated rings. The van der Waals surface area contributed by atoms with Crippen molar-refractivity contribution in [2.45, 2.75) is 70.8 Å². The second-order valence-electron chi connectivity index (χ2n) is 7.15. The number of likely N-dealkylation sites (tertiary alicyclic amines) is 2. The van der Waals surface area contributed by atoms with E-state index >= 15 is 0 Å². The molecule has 0 unspecified atom stereocenters. The molecule has 0 spiro atoms. The van der Waals surface area contributed by atoms with Gasteiger partial charge in [-0.1, -0.05) is 24.9 Å². The van der Waals surface area contributed by atoms with Crippen molar-refractivity contribution in [3.8, 4) is 0 Å². The summed E-state index contributed by atoms with van der Waals surface area (Å²) < 4.78 is 5.25. The first-order valence-corrected chi connectivity index (χ1v) is 9.54. The number of aryl methyl sites for hydroxylation is 1. The molecule has 0 bridgehead atoms. The van der Waals surface area contributed by atoms with E-state index in [-0.39, 0.29) is 17.9 Å². The molecule has 3 heterocycles. The van der Waals surface area contributed by atoms with E-state index in [2.05, 4.69) is 22.0 Å². The molecule has 0 radical (unpaired) electrons. The number of carbonyl (C=O) groups is 1. The highest BCUT2D eigenvalue weighted by Gasteiger charge is 2.32. The van der Waals surface area contributed by atoms with Crippen molar-refractivity contribution >= 4 is 5.91 Å². The van der Waals surface area contributed by atoms with E-state index < -0.39 is 0 Å². The largest absolute Gasteiger partial charge is 0.341 e. The van der Waals surface area contributed by atoms with Gasteiger partial charge in [0, 0.05) is 25.4 Å². The van der Waals surface area contributed by atoms with E-state index in [0.29, 0.717) is 5.89 Å². The molecule has 1 aromatic heterocycles. The van der Waals surface area contributed by atoms with Gasteiger partial charge in [0.1, 0.15) is 0 Å². The fraction of sp³-hybridized carbons (Fsp3) is 0.833. The summed E-state index contributed by atoms with van der Waals surface area (Å²) in [5.74, 6) is 1.93. The van der Waals surface area contributed by atoms with Gasteiger partial charge < -0.3 is 9.42 Å². The average molecular weight is 334 g/mol. The molecule has 6 nitrogen and oxygen atoms in total. The standard InChI is InChI=1S/C18H30N4O2/c1-3-16-19-17(20-24-16)15-9-8-12-22(13-15)18(23)14(2)21-10-6-4-5-7-11-21/h14-15H,3-13H2,1-2H3/t14-,15-/m0/s1. The normalized spacial score (nSPS) is 24.6. The number of carbonyl (C=O) groups excluding carboxylic acids is 1. The minimum absolute atomic E-state index is 0.0154. The van der Waals surface area contributed by atoms with Gasteiger partial charge >= 0.3 is 0 Å². The maximum atomic E-state index is 13.0. The summed E-state index contributed by atoms with van der Waals surface area (Å²) in [7, 11) is 0. The molecule has 2 saturated heterocycles. The lowest BCUT2D eigenvalue weighted by molar-refractivity contribution is -0.137. The third kappa shape index (κ3) is 3.97. The first-order chi connectivity index (χ1) is 11.7. The molecule has 0 saturated carbocycles. The average Bonchev–Trinajstić information content (AvgIpc) is 2.95. The van der Waals surface area contributed by atoms with Crippen LogP contribution in [0.1, 0.15) is 70.0 Å².